The molecule has 0 spiro atoms. The zero-order valence-corrected chi connectivity index (χ0v) is 13.8. The standard InChI is InChI=1S/C20H24O3/c1-22-16-9-7-8-15(14-16)17-10-5-6-13-20(17,21)18-11-3-4-12-19(18)23-2/h3-4,7-9,11-12,14,17,21H,5-6,10,13H2,1-2H3. The third kappa shape index (κ3) is 2.93. The topological polar surface area (TPSA) is 38.7 Å². The highest BCUT2D eigenvalue weighted by molar-refractivity contribution is 5.42. The second kappa shape index (κ2) is 6.63. The Bertz CT molecular complexity index is 667. The van der Waals surface area contributed by atoms with Crippen molar-refractivity contribution in [3.05, 3.63) is 59.7 Å². The van der Waals surface area contributed by atoms with Gasteiger partial charge >= 0.3 is 0 Å². The van der Waals surface area contributed by atoms with Crippen molar-refractivity contribution in [3.63, 3.8) is 0 Å². The minimum atomic E-state index is -0.906. The lowest BCUT2D eigenvalue weighted by atomic mass is 9.68. The Balaban J connectivity index is 2.06. The number of aliphatic hydroxyl groups is 1. The van der Waals surface area contributed by atoms with Gasteiger partial charge in [0.25, 0.3) is 0 Å². The van der Waals surface area contributed by atoms with Gasteiger partial charge in [0.2, 0.25) is 0 Å². The maximum absolute atomic E-state index is 11.6. The summed E-state index contributed by atoms with van der Waals surface area (Å²) in [6.07, 6.45) is 3.85. The van der Waals surface area contributed by atoms with E-state index in [4.69, 9.17) is 9.47 Å². The number of methoxy groups -OCH3 is 2. The Morgan fingerprint density at radius 3 is 2.61 bits per heavy atom. The Kier molecular flexibility index (Phi) is 4.58. The highest BCUT2D eigenvalue weighted by Crippen LogP contribution is 2.50. The first-order valence-corrected chi connectivity index (χ1v) is 8.19. The number of ether oxygens (including phenoxy) is 2. The molecule has 2 unspecified atom stereocenters. The molecule has 2 aromatic rings. The van der Waals surface area contributed by atoms with E-state index in [1.54, 1.807) is 14.2 Å². The molecule has 0 aliphatic heterocycles. The fraction of sp³-hybridized carbons (Fsp3) is 0.400. The predicted octanol–water partition coefficient (Wildman–Crippen LogP) is 4.25. The molecular formula is C20H24O3. The van der Waals surface area contributed by atoms with Crippen LogP contribution in [0.2, 0.25) is 0 Å². The lowest BCUT2D eigenvalue weighted by molar-refractivity contribution is -0.0242. The molecular weight excluding hydrogens is 288 g/mol. The summed E-state index contributed by atoms with van der Waals surface area (Å²) in [6, 6.07) is 15.9. The normalized spacial score (nSPS) is 24.2. The monoisotopic (exact) mass is 312 g/mol. The van der Waals surface area contributed by atoms with E-state index in [2.05, 4.69) is 6.07 Å². The Labute approximate surface area is 137 Å². The first-order chi connectivity index (χ1) is 11.2. The second-order valence-electron chi connectivity index (χ2n) is 6.20. The first kappa shape index (κ1) is 15.9. The Hall–Kier alpha value is -2.00. The summed E-state index contributed by atoms with van der Waals surface area (Å²) >= 11 is 0. The van der Waals surface area contributed by atoms with Crippen molar-refractivity contribution in [1.82, 2.24) is 0 Å². The number of benzene rings is 2. The summed E-state index contributed by atoms with van der Waals surface area (Å²) in [5.41, 5.74) is 1.10. The third-order valence-corrected chi connectivity index (χ3v) is 4.95. The average molecular weight is 312 g/mol. The van der Waals surface area contributed by atoms with Crippen LogP contribution in [0, 0.1) is 0 Å². The van der Waals surface area contributed by atoms with Crippen molar-refractivity contribution in [2.75, 3.05) is 14.2 Å². The van der Waals surface area contributed by atoms with Gasteiger partial charge in [0.05, 0.1) is 19.8 Å². The highest BCUT2D eigenvalue weighted by atomic mass is 16.5. The summed E-state index contributed by atoms with van der Waals surface area (Å²) < 4.78 is 10.9. The van der Waals surface area contributed by atoms with E-state index in [0.29, 0.717) is 0 Å². The summed E-state index contributed by atoms with van der Waals surface area (Å²) in [5, 5.41) is 11.6. The quantitative estimate of drug-likeness (QED) is 0.917. The molecule has 3 heteroatoms. The van der Waals surface area contributed by atoms with Crippen LogP contribution in [0.4, 0.5) is 0 Å². The molecule has 0 heterocycles. The van der Waals surface area contributed by atoms with Gasteiger partial charge in [0.15, 0.2) is 0 Å². The first-order valence-electron chi connectivity index (χ1n) is 8.19. The van der Waals surface area contributed by atoms with Gasteiger partial charge in [-0.3, -0.25) is 0 Å². The van der Waals surface area contributed by atoms with Crippen LogP contribution in [-0.4, -0.2) is 19.3 Å². The van der Waals surface area contributed by atoms with Crippen molar-refractivity contribution < 1.29 is 14.6 Å². The van der Waals surface area contributed by atoms with E-state index in [1.165, 1.54) is 0 Å². The third-order valence-electron chi connectivity index (χ3n) is 4.95. The maximum Gasteiger partial charge on any atom is 0.124 e. The van der Waals surface area contributed by atoms with Crippen molar-refractivity contribution >= 4 is 0 Å². The van der Waals surface area contributed by atoms with Gasteiger partial charge in [0.1, 0.15) is 11.5 Å². The van der Waals surface area contributed by atoms with E-state index in [1.807, 2.05) is 42.5 Å². The molecule has 0 amide bonds. The van der Waals surface area contributed by atoms with Crippen molar-refractivity contribution in [1.29, 1.82) is 0 Å². The van der Waals surface area contributed by atoms with Gasteiger partial charge in [-0.2, -0.15) is 0 Å². The van der Waals surface area contributed by atoms with Gasteiger partial charge in [-0.25, -0.2) is 0 Å². The van der Waals surface area contributed by atoms with Crippen molar-refractivity contribution in [2.24, 2.45) is 0 Å². The molecule has 1 N–H and O–H groups in total. The Morgan fingerprint density at radius 2 is 1.83 bits per heavy atom. The summed E-state index contributed by atoms with van der Waals surface area (Å²) in [4.78, 5) is 0. The SMILES string of the molecule is COc1cccc(C2CCCCC2(O)c2ccccc2OC)c1. The van der Waals surface area contributed by atoms with E-state index >= 15 is 0 Å². The van der Waals surface area contributed by atoms with Crippen LogP contribution in [0.3, 0.4) is 0 Å². The molecule has 0 saturated heterocycles. The minimum Gasteiger partial charge on any atom is -0.497 e. The zero-order chi connectivity index (χ0) is 16.3. The van der Waals surface area contributed by atoms with E-state index < -0.39 is 5.60 Å². The number of para-hydroxylation sites is 1. The van der Waals surface area contributed by atoms with Crippen LogP contribution in [0.15, 0.2) is 48.5 Å². The van der Waals surface area contributed by atoms with Crippen molar-refractivity contribution in [2.45, 2.75) is 37.2 Å². The van der Waals surface area contributed by atoms with E-state index in [0.717, 1.165) is 48.3 Å². The molecule has 1 saturated carbocycles. The molecule has 122 valence electrons. The van der Waals surface area contributed by atoms with Gasteiger partial charge in [-0.05, 0) is 36.6 Å². The van der Waals surface area contributed by atoms with Gasteiger partial charge in [-0.1, -0.05) is 43.2 Å². The van der Waals surface area contributed by atoms with E-state index in [-0.39, 0.29) is 5.92 Å². The molecule has 1 aliphatic carbocycles. The minimum absolute atomic E-state index is 0.0441. The maximum atomic E-state index is 11.6. The predicted molar refractivity (Wildman–Crippen MR) is 91.1 cm³/mol. The zero-order valence-electron chi connectivity index (χ0n) is 13.8. The van der Waals surface area contributed by atoms with E-state index in [9.17, 15) is 5.11 Å². The summed E-state index contributed by atoms with van der Waals surface area (Å²) in [7, 11) is 3.33. The highest BCUT2D eigenvalue weighted by Gasteiger charge is 2.43. The van der Waals surface area contributed by atoms with Crippen LogP contribution >= 0.6 is 0 Å². The molecule has 23 heavy (non-hydrogen) atoms. The van der Waals surface area contributed by atoms with Crippen LogP contribution in [0.1, 0.15) is 42.7 Å². The lowest BCUT2D eigenvalue weighted by Crippen LogP contribution is -2.36. The molecule has 3 rings (SSSR count). The lowest BCUT2D eigenvalue weighted by Gasteiger charge is -2.41. The van der Waals surface area contributed by atoms with Crippen LogP contribution in [-0.2, 0) is 5.60 Å². The summed E-state index contributed by atoms with van der Waals surface area (Å²) in [6.45, 7) is 0. The van der Waals surface area contributed by atoms with Gasteiger partial charge < -0.3 is 14.6 Å². The molecule has 1 fully saturated rings. The largest absolute Gasteiger partial charge is 0.497 e. The fourth-order valence-corrected chi connectivity index (χ4v) is 3.78. The molecule has 0 radical (unpaired) electrons. The molecule has 1 aliphatic rings. The molecule has 2 aromatic carbocycles. The molecule has 0 aromatic heterocycles. The van der Waals surface area contributed by atoms with Crippen LogP contribution in [0.25, 0.3) is 0 Å². The smallest absolute Gasteiger partial charge is 0.124 e. The van der Waals surface area contributed by atoms with Crippen LogP contribution in [0.5, 0.6) is 11.5 Å². The van der Waals surface area contributed by atoms with Crippen molar-refractivity contribution in [3.8, 4) is 11.5 Å². The number of hydrogen-bond acceptors (Lipinski definition) is 3. The number of hydrogen-bond donors (Lipinski definition) is 1. The van der Waals surface area contributed by atoms with Crippen LogP contribution < -0.4 is 9.47 Å². The summed E-state index contributed by atoms with van der Waals surface area (Å²) in [5.74, 6) is 1.63. The molecule has 2 atom stereocenters. The molecule has 3 nitrogen and oxygen atoms in total. The average Bonchev–Trinajstić information content (AvgIpc) is 2.62. The molecule has 0 bridgehead atoms. The fourth-order valence-electron chi connectivity index (χ4n) is 3.78. The number of rotatable bonds is 4. The second-order valence-corrected chi connectivity index (χ2v) is 6.20. The van der Waals surface area contributed by atoms with Gasteiger partial charge in [-0.15, -0.1) is 0 Å². The van der Waals surface area contributed by atoms with Gasteiger partial charge in [0, 0.05) is 11.5 Å². The Morgan fingerprint density at radius 1 is 1.00 bits per heavy atom.